The number of aromatic amines is 2. The number of hydrogen-bond acceptors (Lipinski definition) is 9. The van der Waals surface area contributed by atoms with E-state index in [9.17, 15) is 4.79 Å². The molecule has 188 valence electrons. The zero-order valence-electron chi connectivity index (χ0n) is 20.1. The number of ether oxygens (including phenoxy) is 1. The molecule has 5 aromatic rings. The van der Waals surface area contributed by atoms with Gasteiger partial charge in [0.1, 0.15) is 16.6 Å². The molecular formula is C27H22N8O2S. The summed E-state index contributed by atoms with van der Waals surface area (Å²) >= 11 is 1.48. The summed E-state index contributed by atoms with van der Waals surface area (Å²) < 4.78 is 5.47. The van der Waals surface area contributed by atoms with Crippen LogP contribution in [0.3, 0.4) is 0 Å². The normalized spacial score (nSPS) is 17.5. The van der Waals surface area contributed by atoms with Gasteiger partial charge in [0.2, 0.25) is 0 Å². The van der Waals surface area contributed by atoms with Gasteiger partial charge in [-0.25, -0.2) is 15.0 Å². The molecule has 1 aliphatic carbocycles. The van der Waals surface area contributed by atoms with Gasteiger partial charge in [0, 0.05) is 53.3 Å². The van der Waals surface area contributed by atoms with Crippen molar-refractivity contribution in [3.8, 4) is 11.4 Å². The van der Waals surface area contributed by atoms with E-state index in [2.05, 4.69) is 30.0 Å². The van der Waals surface area contributed by atoms with Crippen molar-refractivity contribution >= 4 is 39.3 Å². The molecule has 10 nitrogen and oxygen atoms in total. The van der Waals surface area contributed by atoms with Gasteiger partial charge in [-0.05, 0) is 23.8 Å². The molecule has 1 aromatic carbocycles. The Morgan fingerprint density at radius 1 is 1.13 bits per heavy atom. The lowest BCUT2D eigenvalue weighted by molar-refractivity contribution is 0.122. The minimum absolute atomic E-state index is 0.193. The molecule has 11 heteroatoms. The van der Waals surface area contributed by atoms with Crippen molar-refractivity contribution in [1.29, 1.82) is 5.41 Å². The van der Waals surface area contributed by atoms with Crippen LogP contribution in [0.15, 0.2) is 65.2 Å². The van der Waals surface area contributed by atoms with Gasteiger partial charge in [-0.15, -0.1) is 11.3 Å². The zero-order valence-corrected chi connectivity index (χ0v) is 21.0. The van der Waals surface area contributed by atoms with E-state index in [1.807, 2.05) is 41.8 Å². The molecule has 1 atom stereocenters. The minimum Gasteiger partial charge on any atom is -0.378 e. The summed E-state index contributed by atoms with van der Waals surface area (Å²) in [6.07, 6.45) is 7.21. The molecule has 3 N–H and O–H groups in total. The molecule has 1 aliphatic heterocycles. The molecule has 7 rings (SSSR count). The van der Waals surface area contributed by atoms with Crippen molar-refractivity contribution in [2.24, 2.45) is 0 Å². The first-order valence-electron chi connectivity index (χ1n) is 12.2. The third kappa shape index (κ3) is 3.75. The Morgan fingerprint density at radius 3 is 2.87 bits per heavy atom. The first kappa shape index (κ1) is 22.7. The highest BCUT2D eigenvalue weighted by molar-refractivity contribution is 7.10. The van der Waals surface area contributed by atoms with E-state index in [0.717, 1.165) is 51.5 Å². The van der Waals surface area contributed by atoms with Crippen LogP contribution in [0.1, 0.15) is 27.7 Å². The number of aromatic nitrogens is 6. The van der Waals surface area contributed by atoms with Crippen molar-refractivity contribution in [3.63, 3.8) is 0 Å². The van der Waals surface area contributed by atoms with Crippen LogP contribution < -0.4 is 10.5 Å². The number of rotatable bonds is 4. The van der Waals surface area contributed by atoms with Crippen LogP contribution in [0.4, 0.5) is 5.82 Å². The van der Waals surface area contributed by atoms with Crippen LogP contribution in [-0.2, 0) is 4.74 Å². The average molecular weight is 523 g/mol. The monoisotopic (exact) mass is 522 g/mol. The molecule has 0 bridgehead atoms. The molecule has 0 saturated carbocycles. The molecule has 1 saturated heterocycles. The van der Waals surface area contributed by atoms with Gasteiger partial charge in [-0.1, -0.05) is 18.2 Å². The summed E-state index contributed by atoms with van der Waals surface area (Å²) in [4.78, 5) is 32.7. The Kier molecular flexibility index (Phi) is 5.45. The van der Waals surface area contributed by atoms with Crippen LogP contribution in [0.5, 0.6) is 0 Å². The number of nitrogens with one attached hydrogen (secondary N) is 3. The maximum absolute atomic E-state index is 13.6. The lowest BCUT2D eigenvalue weighted by atomic mass is 9.81. The quantitative estimate of drug-likeness (QED) is 0.328. The van der Waals surface area contributed by atoms with Crippen LogP contribution in [-0.4, -0.2) is 62.1 Å². The predicted molar refractivity (Wildman–Crippen MR) is 146 cm³/mol. The Labute approximate surface area is 220 Å². The topological polar surface area (TPSA) is 137 Å². The van der Waals surface area contributed by atoms with Crippen molar-refractivity contribution in [1.82, 2.24) is 30.1 Å². The smallest absolute Gasteiger partial charge is 0.260 e. The van der Waals surface area contributed by atoms with E-state index in [1.54, 1.807) is 18.6 Å². The summed E-state index contributed by atoms with van der Waals surface area (Å²) in [6, 6.07) is 9.60. The Bertz CT molecular complexity index is 1770. The molecule has 38 heavy (non-hydrogen) atoms. The number of allylic oxidation sites excluding steroid dienone is 1. The largest absolute Gasteiger partial charge is 0.378 e. The maximum Gasteiger partial charge on any atom is 0.260 e. The second kappa shape index (κ2) is 9.12. The van der Waals surface area contributed by atoms with E-state index in [1.165, 1.54) is 11.3 Å². The number of anilines is 1. The molecule has 4 aromatic heterocycles. The number of benzene rings is 1. The van der Waals surface area contributed by atoms with Crippen molar-refractivity contribution in [2.45, 2.75) is 5.92 Å². The minimum atomic E-state index is -0.453. The summed E-state index contributed by atoms with van der Waals surface area (Å²) in [5.74, 6) is 0.782. The number of nitrogens with zero attached hydrogens (tertiary/aromatic N) is 5. The number of hydrogen-bond donors (Lipinski definition) is 3. The van der Waals surface area contributed by atoms with E-state index >= 15 is 0 Å². The summed E-state index contributed by atoms with van der Waals surface area (Å²) in [6.45, 7) is 2.81. The van der Waals surface area contributed by atoms with E-state index in [0.29, 0.717) is 24.7 Å². The highest BCUT2D eigenvalue weighted by Crippen LogP contribution is 2.39. The number of morpholine rings is 1. The van der Waals surface area contributed by atoms with Gasteiger partial charge < -0.3 is 20.0 Å². The number of pyridine rings is 1. The van der Waals surface area contributed by atoms with Gasteiger partial charge in [0.05, 0.1) is 41.9 Å². The number of fused-ring (bicyclic) bond motifs is 2. The maximum atomic E-state index is 13.6. The fraction of sp³-hybridized carbons (Fsp3) is 0.185. The Morgan fingerprint density at radius 2 is 2.03 bits per heavy atom. The number of thiazole rings is 1. The van der Waals surface area contributed by atoms with Gasteiger partial charge in [0.25, 0.3) is 5.56 Å². The Balaban J connectivity index is 1.38. The highest BCUT2D eigenvalue weighted by Gasteiger charge is 2.33. The van der Waals surface area contributed by atoms with E-state index in [-0.39, 0.29) is 16.8 Å². The zero-order chi connectivity index (χ0) is 25.6. The SMILES string of the molecule is N=C1c2c(nc(-c3ccnc(N4CCOCC4)c3)[nH]c2=O)C(c2nccs2)=CC1c1cccc2[nH]ncc12. The van der Waals surface area contributed by atoms with Crippen LogP contribution >= 0.6 is 11.3 Å². The third-order valence-corrected chi connectivity index (χ3v) is 7.76. The van der Waals surface area contributed by atoms with Crippen LogP contribution in [0, 0.1) is 5.41 Å². The Hall–Kier alpha value is -4.48. The summed E-state index contributed by atoms with van der Waals surface area (Å²) in [7, 11) is 0. The first-order chi connectivity index (χ1) is 18.7. The highest BCUT2D eigenvalue weighted by atomic mass is 32.1. The molecule has 2 aliphatic rings. The molecule has 1 unspecified atom stereocenters. The van der Waals surface area contributed by atoms with E-state index < -0.39 is 5.92 Å². The molecule has 0 radical (unpaired) electrons. The van der Waals surface area contributed by atoms with Gasteiger partial charge >= 0.3 is 0 Å². The standard InChI is InChI=1S/C27H22N8O2S/c28-23-17(16-2-1-3-20-19(16)14-31-34-20)13-18(27-30-6-11-38-27)24-22(23)26(36)33-25(32-24)15-4-5-29-21(12-15)35-7-9-37-10-8-35/h1-6,11-14,17,28H,7-10H2,(H,31,34)(H,32,33,36). The van der Waals surface area contributed by atoms with Gasteiger partial charge in [0.15, 0.2) is 0 Å². The molecule has 5 heterocycles. The van der Waals surface area contributed by atoms with Crippen molar-refractivity contribution in [2.75, 3.05) is 31.2 Å². The second-order valence-electron chi connectivity index (χ2n) is 9.13. The molecule has 0 spiro atoms. The molecular weight excluding hydrogens is 500 g/mol. The van der Waals surface area contributed by atoms with Crippen molar-refractivity contribution < 1.29 is 4.74 Å². The summed E-state index contributed by atoms with van der Waals surface area (Å²) in [5.41, 5.74) is 3.82. The molecule has 1 fully saturated rings. The van der Waals surface area contributed by atoms with Crippen LogP contribution in [0.2, 0.25) is 0 Å². The third-order valence-electron chi connectivity index (χ3n) is 6.96. The lowest BCUT2D eigenvalue weighted by Crippen LogP contribution is -2.36. The fourth-order valence-corrected chi connectivity index (χ4v) is 5.77. The average Bonchev–Trinajstić information content (AvgIpc) is 3.66. The lowest BCUT2D eigenvalue weighted by Gasteiger charge is -2.28. The summed E-state index contributed by atoms with van der Waals surface area (Å²) in [5, 5.41) is 19.8. The van der Waals surface area contributed by atoms with Crippen molar-refractivity contribution in [3.05, 3.63) is 92.6 Å². The first-order valence-corrected chi connectivity index (χ1v) is 13.1. The molecule has 0 amide bonds. The van der Waals surface area contributed by atoms with Gasteiger partial charge in [-0.2, -0.15) is 5.10 Å². The van der Waals surface area contributed by atoms with Crippen LogP contribution in [0.25, 0.3) is 27.9 Å². The fourth-order valence-electron chi connectivity index (χ4n) is 5.11. The van der Waals surface area contributed by atoms with Gasteiger partial charge in [-0.3, -0.25) is 9.89 Å². The second-order valence-corrected chi connectivity index (χ2v) is 10.0. The predicted octanol–water partition coefficient (Wildman–Crippen LogP) is 3.60. The van der Waals surface area contributed by atoms with E-state index in [4.69, 9.17) is 15.1 Å². The number of H-pyrrole nitrogens is 2.